The van der Waals surface area contributed by atoms with Crippen LogP contribution in [0.2, 0.25) is 0 Å². The average molecular weight is 214 g/mol. The third-order valence-corrected chi connectivity index (χ3v) is 2.92. The van der Waals surface area contributed by atoms with Crippen molar-refractivity contribution >= 4 is 28.2 Å². The van der Waals surface area contributed by atoms with Crippen LogP contribution in [0.4, 0.5) is 0 Å². The van der Waals surface area contributed by atoms with Crippen molar-refractivity contribution in [3.63, 3.8) is 0 Å². The van der Waals surface area contributed by atoms with Gasteiger partial charge in [0.25, 0.3) is 0 Å². The molecule has 0 fully saturated rings. The minimum Gasteiger partial charge on any atom is -0.508 e. The van der Waals surface area contributed by atoms with Crippen LogP contribution in [0.1, 0.15) is 10.5 Å². The molecule has 4 heteroatoms. The predicted octanol–water partition coefficient (Wildman–Crippen LogP) is 2.18. The number of hydrogen-bond acceptors (Lipinski definition) is 2. The first kappa shape index (κ1) is 9.03. The van der Waals surface area contributed by atoms with E-state index in [4.69, 9.17) is 0 Å². The number of rotatable bonds is 1. The number of phenolic OH excluding ortho intramolecular Hbond substituents is 1. The van der Waals surface area contributed by atoms with Gasteiger partial charge >= 0.3 is 0 Å². The van der Waals surface area contributed by atoms with Gasteiger partial charge in [0, 0.05) is 18.5 Å². The fraction of sp³-hybridized carbons (Fsp3) is 0.0833. The van der Waals surface area contributed by atoms with E-state index in [0.717, 1.165) is 28.2 Å². The van der Waals surface area contributed by atoms with E-state index >= 15 is 0 Å². The minimum atomic E-state index is 0.242. The highest BCUT2D eigenvalue weighted by Crippen LogP contribution is 2.30. The standard InChI is InChI=1S/C12H10N2O2/c1-14-10-5-8(16)2-3-9(10)12-11(14)4-7(6-15)13-12/h2-6,13,16H,1H3. The molecule has 0 saturated carbocycles. The zero-order chi connectivity index (χ0) is 11.3. The summed E-state index contributed by atoms with van der Waals surface area (Å²) in [7, 11) is 1.91. The summed E-state index contributed by atoms with van der Waals surface area (Å²) in [5.74, 6) is 0.242. The first-order valence-electron chi connectivity index (χ1n) is 4.96. The third kappa shape index (κ3) is 1.01. The second-order valence-electron chi connectivity index (χ2n) is 3.86. The van der Waals surface area contributed by atoms with Crippen LogP contribution < -0.4 is 0 Å². The number of nitrogens with one attached hydrogen (secondary N) is 1. The molecule has 0 spiro atoms. The monoisotopic (exact) mass is 214 g/mol. The smallest absolute Gasteiger partial charge is 0.166 e. The molecule has 0 aliphatic carbocycles. The SMILES string of the molecule is Cn1c2cc(O)ccc2c2[nH]c(C=O)cc21. The first-order valence-corrected chi connectivity index (χ1v) is 4.96. The fourth-order valence-corrected chi connectivity index (χ4v) is 2.14. The number of benzene rings is 1. The third-order valence-electron chi connectivity index (χ3n) is 2.92. The molecule has 2 N–H and O–H groups in total. The second kappa shape index (κ2) is 2.88. The highest BCUT2D eigenvalue weighted by molar-refractivity contribution is 6.08. The number of hydrogen-bond donors (Lipinski definition) is 2. The Morgan fingerprint density at radius 3 is 2.88 bits per heavy atom. The van der Waals surface area contributed by atoms with Crippen molar-refractivity contribution < 1.29 is 9.90 Å². The van der Waals surface area contributed by atoms with Gasteiger partial charge < -0.3 is 14.7 Å². The number of aryl methyl sites for hydroxylation is 1. The van der Waals surface area contributed by atoms with Crippen LogP contribution in [-0.2, 0) is 7.05 Å². The molecule has 16 heavy (non-hydrogen) atoms. The fourth-order valence-electron chi connectivity index (χ4n) is 2.14. The molecular weight excluding hydrogens is 204 g/mol. The lowest BCUT2D eigenvalue weighted by molar-refractivity contribution is 0.112. The summed E-state index contributed by atoms with van der Waals surface area (Å²) in [4.78, 5) is 13.8. The van der Waals surface area contributed by atoms with Crippen molar-refractivity contribution in [2.24, 2.45) is 7.05 Å². The first-order chi connectivity index (χ1) is 7.70. The quantitative estimate of drug-likeness (QED) is 0.610. The average Bonchev–Trinajstić information content (AvgIpc) is 2.80. The number of aromatic amines is 1. The normalized spacial score (nSPS) is 11.3. The number of carbonyl (C=O) groups is 1. The number of aromatic nitrogens is 2. The number of carbonyl (C=O) groups excluding carboxylic acids is 1. The molecule has 0 unspecified atom stereocenters. The molecule has 2 heterocycles. The summed E-state index contributed by atoms with van der Waals surface area (Å²) in [5.41, 5.74) is 3.40. The largest absolute Gasteiger partial charge is 0.508 e. The molecule has 0 bridgehead atoms. The summed E-state index contributed by atoms with van der Waals surface area (Å²) in [6.07, 6.45) is 0.798. The van der Waals surface area contributed by atoms with Gasteiger partial charge in [-0.15, -0.1) is 0 Å². The molecular formula is C12H10N2O2. The topological polar surface area (TPSA) is 58.0 Å². The van der Waals surface area contributed by atoms with Crippen molar-refractivity contribution in [3.8, 4) is 5.75 Å². The molecule has 0 aliphatic rings. The van der Waals surface area contributed by atoms with Gasteiger partial charge in [-0.2, -0.15) is 0 Å². The van der Waals surface area contributed by atoms with Crippen LogP contribution >= 0.6 is 0 Å². The number of nitrogens with zero attached hydrogens (tertiary/aromatic N) is 1. The van der Waals surface area contributed by atoms with Gasteiger partial charge in [-0.05, 0) is 18.2 Å². The summed E-state index contributed by atoms with van der Waals surface area (Å²) in [6, 6.07) is 7.00. The van der Waals surface area contributed by atoms with Crippen LogP contribution in [0, 0.1) is 0 Å². The summed E-state index contributed by atoms with van der Waals surface area (Å²) in [6.45, 7) is 0. The van der Waals surface area contributed by atoms with Crippen LogP contribution in [0.15, 0.2) is 24.3 Å². The Balaban J connectivity index is 2.52. The van der Waals surface area contributed by atoms with Gasteiger partial charge in [0.05, 0.1) is 22.2 Å². The summed E-state index contributed by atoms with van der Waals surface area (Å²) >= 11 is 0. The molecule has 2 aromatic heterocycles. The van der Waals surface area contributed by atoms with Crippen LogP contribution in [0.25, 0.3) is 21.9 Å². The highest BCUT2D eigenvalue weighted by Gasteiger charge is 2.11. The van der Waals surface area contributed by atoms with Crippen LogP contribution in [-0.4, -0.2) is 20.9 Å². The Labute approximate surface area is 91.1 Å². The maximum Gasteiger partial charge on any atom is 0.166 e. The van der Waals surface area contributed by atoms with Crippen molar-refractivity contribution in [1.29, 1.82) is 0 Å². The van der Waals surface area contributed by atoms with E-state index in [1.54, 1.807) is 18.2 Å². The number of H-pyrrole nitrogens is 1. The lowest BCUT2D eigenvalue weighted by atomic mass is 10.2. The van der Waals surface area contributed by atoms with E-state index in [2.05, 4.69) is 4.98 Å². The molecule has 3 aromatic rings. The predicted molar refractivity (Wildman–Crippen MR) is 61.8 cm³/mol. The Hall–Kier alpha value is -2.23. The van der Waals surface area contributed by atoms with Crippen molar-refractivity contribution in [1.82, 2.24) is 9.55 Å². The van der Waals surface area contributed by atoms with E-state index in [1.807, 2.05) is 17.7 Å². The van der Waals surface area contributed by atoms with Gasteiger partial charge in [-0.25, -0.2) is 0 Å². The number of fused-ring (bicyclic) bond motifs is 3. The number of aromatic hydroxyl groups is 1. The van der Waals surface area contributed by atoms with Crippen molar-refractivity contribution in [3.05, 3.63) is 30.0 Å². The Kier molecular flexibility index (Phi) is 1.63. The zero-order valence-electron chi connectivity index (χ0n) is 8.69. The van der Waals surface area contributed by atoms with Gasteiger partial charge in [0.1, 0.15) is 5.75 Å². The van der Waals surface area contributed by atoms with Gasteiger partial charge in [-0.3, -0.25) is 4.79 Å². The van der Waals surface area contributed by atoms with E-state index < -0.39 is 0 Å². The lowest BCUT2D eigenvalue weighted by Gasteiger charge is -1.97. The van der Waals surface area contributed by atoms with E-state index in [0.29, 0.717) is 5.69 Å². The molecule has 0 amide bonds. The van der Waals surface area contributed by atoms with Gasteiger partial charge in [-0.1, -0.05) is 0 Å². The van der Waals surface area contributed by atoms with Gasteiger partial charge in [0.2, 0.25) is 0 Å². The Morgan fingerprint density at radius 1 is 1.31 bits per heavy atom. The van der Waals surface area contributed by atoms with Crippen LogP contribution in [0.5, 0.6) is 5.75 Å². The summed E-state index contributed by atoms with van der Waals surface area (Å²) in [5, 5.41) is 10.4. The molecule has 0 atom stereocenters. The number of phenols is 1. The Bertz CT molecular complexity index is 707. The van der Waals surface area contributed by atoms with E-state index in [1.165, 1.54) is 0 Å². The molecule has 80 valence electrons. The molecule has 1 aromatic carbocycles. The second-order valence-corrected chi connectivity index (χ2v) is 3.86. The molecule has 0 aliphatic heterocycles. The highest BCUT2D eigenvalue weighted by atomic mass is 16.3. The maximum atomic E-state index is 10.7. The molecule has 3 rings (SSSR count). The van der Waals surface area contributed by atoms with Crippen molar-refractivity contribution in [2.75, 3.05) is 0 Å². The maximum absolute atomic E-state index is 10.7. The molecule has 0 saturated heterocycles. The lowest BCUT2D eigenvalue weighted by Crippen LogP contribution is -1.85. The van der Waals surface area contributed by atoms with Gasteiger partial charge in [0.15, 0.2) is 6.29 Å². The Morgan fingerprint density at radius 2 is 2.12 bits per heavy atom. The summed E-state index contributed by atoms with van der Waals surface area (Å²) < 4.78 is 1.95. The van der Waals surface area contributed by atoms with E-state index in [-0.39, 0.29) is 5.75 Å². The van der Waals surface area contributed by atoms with Crippen LogP contribution in [0.3, 0.4) is 0 Å². The zero-order valence-corrected chi connectivity index (χ0v) is 8.69. The van der Waals surface area contributed by atoms with Crippen molar-refractivity contribution in [2.45, 2.75) is 0 Å². The molecule has 4 nitrogen and oxygen atoms in total. The van der Waals surface area contributed by atoms with E-state index in [9.17, 15) is 9.90 Å². The molecule has 0 radical (unpaired) electrons. The number of aldehydes is 1. The minimum absolute atomic E-state index is 0.242.